The molecule has 0 radical (unpaired) electrons. The molecule has 2 saturated carbocycles. The van der Waals surface area contributed by atoms with Crippen molar-refractivity contribution in [3.8, 4) is 0 Å². The van der Waals surface area contributed by atoms with Crippen molar-refractivity contribution in [2.24, 2.45) is 35.5 Å². The first-order chi connectivity index (χ1) is 24.5. The summed E-state index contributed by atoms with van der Waals surface area (Å²) in [4.78, 5) is 23.6. The largest absolute Gasteiger partial charge is 0.456 e. The molecule has 0 aromatic heterocycles. The summed E-state index contributed by atoms with van der Waals surface area (Å²) in [5.41, 5.74) is -1.91. The maximum absolute atomic E-state index is 14.5. The van der Waals surface area contributed by atoms with Gasteiger partial charge in [-0.3, -0.25) is 0 Å². The van der Waals surface area contributed by atoms with Gasteiger partial charge >= 0.3 is 12.4 Å². The average Bonchev–Trinajstić information content (AvgIpc) is 3.45. The third-order valence-corrected chi connectivity index (χ3v) is 15.4. The Labute approximate surface area is 308 Å². The van der Waals surface area contributed by atoms with Crippen LogP contribution in [0.5, 0.6) is 0 Å². The summed E-state index contributed by atoms with van der Waals surface area (Å²) in [6.07, 6.45) is -5.46. The highest BCUT2D eigenvalue weighted by Crippen LogP contribution is 2.63. The Morgan fingerprint density at radius 3 is 1.38 bits per heavy atom. The molecule has 8 aliphatic heterocycles. The van der Waals surface area contributed by atoms with E-state index in [0.29, 0.717) is 62.9 Å². The molecule has 2 aliphatic carbocycles. The van der Waals surface area contributed by atoms with Crippen LogP contribution < -0.4 is 0 Å². The van der Waals surface area contributed by atoms with Crippen molar-refractivity contribution in [1.29, 1.82) is 0 Å². The fourth-order valence-electron chi connectivity index (χ4n) is 10.6. The summed E-state index contributed by atoms with van der Waals surface area (Å²) in [7, 11) is 0. The van der Waals surface area contributed by atoms with Crippen LogP contribution in [0.4, 0.5) is 26.3 Å². The molecule has 2 spiro atoms. The molecule has 8 heterocycles. The fraction of sp³-hybridized carbons (Fsp3) is 0.889. The minimum atomic E-state index is -4.69. The van der Waals surface area contributed by atoms with Crippen LogP contribution in [0, 0.1) is 35.5 Å². The smallest absolute Gasteiger partial charge is 0.449 e. The molecule has 0 amide bonds. The molecular weight excluding hydrogens is 739 g/mol. The monoisotopic (exact) mass is 786 g/mol. The van der Waals surface area contributed by atoms with Crippen LogP contribution in [0.15, 0.2) is 22.7 Å². The molecule has 12 atom stereocenters. The van der Waals surface area contributed by atoms with E-state index in [1.54, 1.807) is 13.8 Å². The van der Waals surface area contributed by atoms with Gasteiger partial charge in [0.1, 0.15) is 0 Å². The van der Waals surface area contributed by atoms with Crippen molar-refractivity contribution >= 4 is 23.5 Å². The molecular formula is C36H48F6O8S2. The standard InChI is InChI=1S/C36H48F6O8S2/c1-19-7-9-25-21(27(35(37,38)39)43-29-33(25)23(19)11-13-31(3,45-29)47-49-33)17-51-15-5-6-16-52-18-22-26-10-8-20(2)24-12-14-32(4)46-30(34(24,26)50-48-32)44-28(22)36(40,41)42/h19-20,23-26,29-30H,5-18H2,1-4H3/t19-,20-,23?,24?,25+,26+,29-,30-,31?,32?,33-,34-/m1/s1. The zero-order chi connectivity index (χ0) is 36.9. The number of hydrogen-bond donors (Lipinski definition) is 0. The predicted molar refractivity (Wildman–Crippen MR) is 178 cm³/mol. The third kappa shape index (κ3) is 6.14. The lowest BCUT2D eigenvalue weighted by Gasteiger charge is -2.57. The van der Waals surface area contributed by atoms with Crippen molar-refractivity contribution < 1.29 is 64.8 Å². The highest BCUT2D eigenvalue weighted by molar-refractivity contribution is 7.99. The quantitative estimate of drug-likeness (QED) is 0.128. The second kappa shape index (κ2) is 13.4. The van der Waals surface area contributed by atoms with Crippen LogP contribution in [0.1, 0.15) is 91.9 Å². The Bertz CT molecular complexity index is 1350. The minimum Gasteiger partial charge on any atom is -0.456 e. The second-order valence-corrected chi connectivity index (χ2v) is 18.7. The SMILES string of the molecule is C[C@@H]1CC[C@H]2C(CSCCCCSCC3=C(C(F)(F)F)O[C@@H]4OC5(C)CCC6[C@H](C)CC[C@@H]3[C@]64OO5)=C(C(F)(F)F)O[C@@H]3OC4(C)CCC1[C@]32OO4. The number of halogens is 6. The first-order valence-corrected chi connectivity index (χ1v) is 21.0. The highest BCUT2D eigenvalue weighted by atomic mass is 32.2. The second-order valence-electron chi connectivity index (χ2n) is 16.5. The zero-order valence-corrected chi connectivity index (χ0v) is 31.5. The molecule has 0 aromatic carbocycles. The molecule has 294 valence electrons. The number of rotatable bonds is 9. The van der Waals surface area contributed by atoms with Gasteiger partial charge in [-0.25, -0.2) is 19.6 Å². The van der Waals surface area contributed by atoms with Gasteiger partial charge in [-0.05, 0) is 99.7 Å². The average molecular weight is 787 g/mol. The maximum Gasteiger partial charge on any atom is 0.449 e. The first kappa shape index (κ1) is 38.0. The Morgan fingerprint density at radius 1 is 0.596 bits per heavy atom. The zero-order valence-electron chi connectivity index (χ0n) is 29.9. The van der Waals surface area contributed by atoms with Gasteiger partial charge in [-0.1, -0.05) is 13.8 Å². The van der Waals surface area contributed by atoms with Gasteiger partial charge in [0.25, 0.3) is 0 Å². The lowest BCUT2D eigenvalue weighted by molar-refractivity contribution is -0.557. The molecule has 0 N–H and O–H groups in total. The number of alkyl halides is 6. The fourth-order valence-corrected chi connectivity index (χ4v) is 12.8. The summed E-state index contributed by atoms with van der Waals surface area (Å²) in [6, 6.07) is 0. The van der Waals surface area contributed by atoms with Crippen LogP contribution >= 0.6 is 23.5 Å². The summed E-state index contributed by atoms with van der Waals surface area (Å²) in [6.45, 7) is 7.57. The van der Waals surface area contributed by atoms with Crippen LogP contribution in [-0.4, -0.2) is 70.7 Å². The number of unbranched alkanes of at least 4 members (excludes halogenated alkanes) is 1. The number of ether oxygens (including phenoxy) is 4. The molecule has 10 rings (SSSR count). The van der Waals surface area contributed by atoms with E-state index >= 15 is 0 Å². The summed E-state index contributed by atoms with van der Waals surface area (Å²) in [5, 5.41) is 0. The number of fused-ring (bicyclic) bond motifs is 4. The molecule has 10 aliphatic rings. The van der Waals surface area contributed by atoms with Crippen molar-refractivity contribution in [3.05, 3.63) is 22.7 Å². The summed E-state index contributed by atoms with van der Waals surface area (Å²) in [5.74, 6) is -3.75. The highest BCUT2D eigenvalue weighted by Gasteiger charge is 2.71. The van der Waals surface area contributed by atoms with E-state index in [1.807, 2.05) is 0 Å². The minimum absolute atomic E-state index is 0.0733. The summed E-state index contributed by atoms with van der Waals surface area (Å²) >= 11 is 2.81. The molecule has 8 fully saturated rings. The van der Waals surface area contributed by atoms with Crippen molar-refractivity contribution in [3.63, 3.8) is 0 Å². The number of hydrogen-bond acceptors (Lipinski definition) is 10. The Hall–Kier alpha value is -0.880. The van der Waals surface area contributed by atoms with E-state index in [4.69, 9.17) is 38.5 Å². The lowest BCUT2D eigenvalue weighted by Crippen LogP contribution is -2.67. The van der Waals surface area contributed by atoms with Gasteiger partial charge in [0.2, 0.25) is 35.7 Å². The maximum atomic E-state index is 14.5. The molecule has 52 heavy (non-hydrogen) atoms. The van der Waals surface area contributed by atoms with Gasteiger partial charge in [-0.2, -0.15) is 49.9 Å². The molecule has 4 unspecified atom stereocenters. The van der Waals surface area contributed by atoms with Crippen molar-refractivity contribution in [1.82, 2.24) is 0 Å². The van der Waals surface area contributed by atoms with Gasteiger partial charge in [0.15, 0.2) is 11.2 Å². The van der Waals surface area contributed by atoms with Crippen molar-refractivity contribution in [2.45, 2.75) is 140 Å². The van der Waals surface area contributed by atoms with Gasteiger partial charge < -0.3 is 18.9 Å². The number of thioether (sulfide) groups is 2. The predicted octanol–water partition coefficient (Wildman–Crippen LogP) is 9.36. The Kier molecular flexibility index (Phi) is 9.77. The van der Waals surface area contributed by atoms with Gasteiger partial charge in [0, 0.05) is 48.0 Å². The molecule has 16 heteroatoms. The molecule has 6 saturated heterocycles. The van der Waals surface area contributed by atoms with Gasteiger partial charge in [0.05, 0.1) is 0 Å². The Morgan fingerprint density at radius 2 is 1.00 bits per heavy atom. The Balaban J connectivity index is 0.909. The first-order valence-electron chi connectivity index (χ1n) is 18.7. The van der Waals surface area contributed by atoms with E-state index in [-0.39, 0.29) is 46.3 Å². The van der Waals surface area contributed by atoms with Gasteiger partial charge in [-0.15, -0.1) is 0 Å². The normalized spacial score (nSPS) is 45.5. The van der Waals surface area contributed by atoms with Crippen LogP contribution in [0.3, 0.4) is 0 Å². The van der Waals surface area contributed by atoms with E-state index in [1.165, 1.54) is 23.5 Å². The van der Waals surface area contributed by atoms with Crippen LogP contribution in [0.2, 0.25) is 0 Å². The topological polar surface area (TPSA) is 73.8 Å². The van der Waals surface area contributed by atoms with Crippen molar-refractivity contribution in [2.75, 3.05) is 23.0 Å². The van der Waals surface area contributed by atoms with Crippen LogP contribution in [-0.2, 0) is 38.5 Å². The van der Waals surface area contributed by atoms with E-state index in [0.717, 1.165) is 12.8 Å². The lowest BCUT2D eigenvalue weighted by atomic mass is 9.59. The molecule has 0 aromatic rings. The van der Waals surface area contributed by atoms with Crippen LogP contribution in [0.25, 0.3) is 0 Å². The third-order valence-electron chi connectivity index (χ3n) is 13.2. The molecule has 8 nitrogen and oxygen atoms in total. The van der Waals surface area contributed by atoms with E-state index in [9.17, 15) is 26.3 Å². The molecule has 4 bridgehead atoms. The number of allylic oxidation sites excluding steroid dienone is 2. The summed E-state index contributed by atoms with van der Waals surface area (Å²) < 4.78 is 111. The van der Waals surface area contributed by atoms with E-state index < -0.39 is 71.1 Å². The van der Waals surface area contributed by atoms with E-state index in [2.05, 4.69) is 13.8 Å².